The van der Waals surface area contributed by atoms with Gasteiger partial charge in [-0.2, -0.15) is 0 Å². The number of aliphatic hydroxyl groups is 1. The van der Waals surface area contributed by atoms with Gasteiger partial charge in [-0.25, -0.2) is 0 Å². The largest absolute Gasteiger partial charge is 0.493 e. The van der Waals surface area contributed by atoms with E-state index in [0.29, 0.717) is 0 Å². The normalized spacial score (nSPS) is 17.9. The number of methoxy groups -OCH3 is 2. The van der Waals surface area contributed by atoms with Gasteiger partial charge in [0.05, 0.1) is 20.3 Å². The van der Waals surface area contributed by atoms with Gasteiger partial charge in [-0.1, -0.05) is 0 Å². The molecule has 1 aliphatic rings. The molecule has 1 unspecified atom stereocenters. The Morgan fingerprint density at radius 3 is 2.30 bits per heavy atom. The van der Waals surface area contributed by atoms with Gasteiger partial charge < -0.3 is 19.5 Å². The van der Waals surface area contributed by atoms with Gasteiger partial charge in [0.1, 0.15) is 0 Å². The number of aliphatic hydroxyl groups excluding tert-OH is 1. The number of β-amino-alcohol motifs (C(OH)–C–C–N with tert-alkyl or cyclic N) is 1. The number of anilines is 1. The summed E-state index contributed by atoms with van der Waals surface area (Å²) < 4.78 is 10.6. The highest BCUT2D eigenvalue weighted by atomic mass is 16.5. The van der Waals surface area contributed by atoms with Crippen molar-refractivity contribution in [1.82, 2.24) is 4.90 Å². The van der Waals surface area contributed by atoms with Gasteiger partial charge in [-0.3, -0.25) is 4.90 Å². The summed E-state index contributed by atoms with van der Waals surface area (Å²) >= 11 is 0. The summed E-state index contributed by atoms with van der Waals surface area (Å²) in [6.45, 7) is 6.45. The Bertz CT molecular complexity index is 429. The van der Waals surface area contributed by atoms with Gasteiger partial charge in [0.2, 0.25) is 0 Å². The highest BCUT2D eigenvalue weighted by Gasteiger charge is 2.19. The number of piperazine rings is 1. The number of rotatable bonds is 5. The van der Waals surface area contributed by atoms with Crippen LogP contribution in [0, 0.1) is 0 Å². The Labute approximate surface area is 120 Å². The zero-order valence-electron chi connectivity index (χ0n) is 12.5. The minimum Gasteiger partial charge on any atom is -0.493 e. The molecule has 1 N–H and O–H groups in total. The second kappa shape index (κ2) is 6.81. The smallest absolute Gasteiger partial charge is 0.162 e. The van der Waals surface area contributed by atoms with Gasteiger partial charge in [0.25, 0.3) is 0 Å². The van der Waals surface area contributed by atoms with Crippen LogP contribution in [0.2, 0.25) is 0 Å². The van der Waals surface area contributed by atoms with E-state index in [1.54, 1.807) is 14.2 Å². The second-order valence-electron chi connectivity index (χ2n) is 5.18. The van der Waals surface area contributed by atoms with Gasteiger partial charge in [0.15, 0.2) is 11.5 Å². The summed E-state index contributed by atoms with van der Waals surface area (Å²) in [4.78, 5) is 4.63. The minimum atomic E-state index is -0.261. The molecule has 0 spiro atoms. The molecule has 1 aromatic carbocycles. The van der Waals surface area contributed by atoms with Crippen LogP contribution >= 0.6 is 0 Å². The predicted molar refractivity (Wildman–Crippen MR) is 79.9 cm³/mol. The summed E-state index contributed by atoms with van der Waals surface area (Å²) in [5.41, 5.74) is 1.15. The van der Waals surface area contributed by atoms with Crippen LogP contribution in [0.15, 0.2) is 18.2 Å². The summed E-state index contributed by atoms with van der Waals surface area (Å²) in [5.74, 6) is 1.51. The molecular formula is C15H24N2O3. The van der Waals surface area contributed by atoms with E-state index in [2.05, 4.69) is 15.9 Å². The van der Waals surface area contributed by atoms with E-state index in [1.165, 1.54) is 0 Å². The Hall–Kier alpha value is -1.46. The number of ether oxygens (including phenoxy) is 2. The molecule has 1 fully saturated rings. The third kappa shape index (κ3) is 3.55. The molecule has 0 bridgehead atoms. The molecule has 2 rings (SSSR count). The fraction of sp³-hybridized carbons (Fsp3) is 0.600. The molecule has 1 heterocycles. The molecule has 1 saturated heterocycles. The Morgan fingerprint density at radius 2 is 1.75 bits per heavy atom. The molecule has 0 aromatic heterocycles. The van der Waals surface area contributed by atoms with E-state index >= 15 is 0 Å². The number of nitrogens with zero attached hydrogens (tertiary/aromatic N) is 2. The van der Waals surface area contributed by atoms with Crippen LogP contribution in [0.1, 0.15) is 6.92 Å². The van der Waals surface area contributed by atoms with Crippen molar-refractivity contribution in [3.63, 3.8) is 0 Å². The van der Waals surface area contributed by atoms with Gasteiger partial charge in [-0.05, 0) is 19.1 Å². The van der Waals surface area contributed by atoms with Crippen LogP contribution in [0.3, 0.4) is 0 Å². The van der Waals surface area contributed by atoms with Crippen LogP contribution in [-0.4, -0.2) is 63.1 Å². The van der Waals surface area contributed by atoms with Crippen molar-refractivity contribution < 1.29 is 14.6 Å². The van der Waals surface area contributed by atoms with E-state index in [4.69, 9.17) is 9.47 Å². The molecule has 1 aromatic rings. The third-order valence-electron chi connectivity index (χ3n) is 3.63. The maximum absolute atomic E-state index is 9.43. The topological polar surface area (TPSA) is 45.2 Å². The maximum Gasteiger partial charge on any atom is 0.162 e. The van der Waals surface area contributed by atoms with Crippen LogP contribution in [0.5, 0.6) is 11.5 Å². The van der Waals surface area contributed by atoms with E-state index in [-0.39, 0.29) is 6.10 Å². The lowest BCUT2D eigenvalue weighted by Crippen LogP contribution is -2.48. The Balaban J connectivity index is 2.00. The number of hydrogen-bond acceptors (Lipinski definition) is 5. The molecule has 0 amide bonds. The van der Waals surface area contributed by atoms with Crippen molar-refractivity contribution in [2.45, 2.75) is 13.0 Å². The van der Waals surface area contributed by atoms with Gasteiger partial charge in [0, 0.05) is 44.5 Å². The first-order chi connectivity index (χ1) is 9.63. The predicted octanol–water partition coefficient (Wildman–Crippen LogP) is 1.21. The summed E-state index contributed by atoms with van der Waals surface area (Å²) in [6.07, 6.45) is -0.261. The van der Waals surface area contributed by atoms with Crippen molar-refractivity contribution in [2.24, 2.45) is 0 Å². The molecule has 0 aliphatic carbocycles. The van der Waals surface area contributed by atoms with E-state index in [0.717, 1.165) is 49.9 Å². The lowest BCUT2D eigenvalue weighted by atomic mass is 10.2. The molecule has 0 radical (unpaired) electrons. The lowest BCUT2D eigenvalue weighted by Gasteiger charge is -2.36. The minimum absolute atomic E-state index is 0.261. The average molecular weight is 280 g/mol. The number of hydrogen-bond donors (Lipinski definition) is 1. The first-order valence-corrected chi connectivity index (χ1v) is 7.01. The van der Waals surface area contributed by atoms with Gasteiger partial charge in [-0.15, -0.1) is 0 Å². The van der Waals surface area contributed by atoms with Crippen molar-refractivity contribution in [3.8, 4) is 11.5 Å². The van der Waals surface area contributed by atoms with Crippen LogP contribution < -0.4 is 14.4 Å². The zero-order valence-corrected chi connectivity index (χ0v) is 12.5. The second-order valence-corrected chi connectivity index (χ2v) is 5.18. The highest BCUT2D eigenvalue weighted by molar-refractivity contribution is 5.56. The van der Waals surface area contributed by atoms with Crippen LogP contribution in [-0.2, 0) is 0 Å². The molecule has 0 saturated carbocycles. The summed E-state index contributed by atoms with van der Waals surface area (Å²) in [7, 11) is 3.30. The zero-order chi connectivity index (χ0) is 14.5. The monoisotopic (exact) mass is 280 g/mol. The van der Waals surface area contributed by atoms with Crippen molar-refractivity contribution in [3.05, 3.63) is 18.2 Å². The lowest BCUT2D eigenvalue weighted by molar-refractivity contribution is 0.122. The third-order valence-corrected chi connectivity index (χ3v) is 3.63. The molecule has 5 nitrogen and oxygen atoms in total. The molecule has 112 valence electrons. The molecule has 1 atom stereocenters. The standard InChI is InChI=1S/C15H24N2O3/c1-12(18)11-16-6-8-17(9-7-16)13-4-5-14(19-2)15(10-13)20-3/h4-5,10,12,18H,6-9,11H2,1-3H3. The van der Waals surface area contributed by atoms with Crippen LogP contribution in [0.25, 0.3) is 0 Å². The first-order valence-electron chi connectivity index (χ1n) is 7.01. The molecule has 1 aliphatic heterocycles. The summed E-state index contributed by atoms with van der Waals surface area (Å²) in [5, 5.41) is 9.43. The fourth-order valence-electron chi connectivity index (χ4n) is 2.58. The van der Waals surface area contributed by atoms with Crippen LogP contribution in [0.4, 0.5) is 5.69 Å². The Kier molecular flexibility index (Phi) is 5.09. The van der Waals surface area contributed by atoms with E-state index in [9.17, 15) is 5.11 Å². The SMILES string of the molecule is COc1ccc(N2CCN(CC(C)O)CC2)cc1OC. The molecule has 20 heavy (non-hydrogen) atoms. The van der Waals surface area contributed by atoms with E-state index < -0.39 is 0 Å². The quantitative estimate of drug-likeness (QED) is 0.878. The van der Waals surface area contributed by atoms with E-state index in [1.807, 2.05) is 19.1 Å². The Morgan fingerprint density at radius 1 is 1.10 bits per heavy atom. The highest BCUT2D eigenvalue weighted by Crippen LogP contribution is 2.31. The van der Waals surface area contributed by atoms with Gasteiger partial charge >= 0.3 is 0 Å². The maximum atomic E-state index is 9.43. The van der Waals surface area contributed by atoms with Crippen molar-refractivity contribution >= 4 is 5.69 Å². The first kappa shape index (κ1) is 14.9. The average Bonchev–Trinajstić information content (AvgIpc) is 2.46. The molecular weight excluding hydrogens is 256 g/mol. The number of benzene rings is 1. The molecule has 5 heteroatoms. The van der Waals surface area contributed by atoms with Crippen molar-refractivity contribution in [2.75, 3.05) is 51.8 Å². The van der Waals surface area contributed by atoms with Crippen molar-refractivity contribution in [1.29, 1.82) is 0 Å². The fourth-order valence-corrected chi connectivity index (χ4v) is 2.58. The summed E-state index contributed by atoms with van der Waals surface area (Å²) in [6, 6.07) is 6.02.